The van der Waals surface area contributed by atoms with E-state index in [1.807, 2.05) is 37.3 Å². The molecule has 0 aromatic heterocycles. The molecule has 2 aliphatic rings. The van der Waals surface area contributed by atoms with Crippen LogP contribution in [0.5, 0.6) is 0 Å². The zero-order valence-electron chi connectivity index (χ0n) is 15.3. The van der Waals surface area contributed by atoms with Crippen LogP contribution in [0.4, 0.5) is 5.69 Å². The highest BCUT2D eigenvalue weighted by Crippen LogP contribution is 2.52. The van der Waals surface area contributed by atoms with Crippen LogP contribution in [0.25, 0.3) is 0 Å². The fourth-order valence-corrected chi connectivity index (χ4v) is 4.89. The van der Waals surface area contributed by atoms with Gasteiger partial charge in [-0.2, -0.15) is 0 Å². The van der Waals surface area contributed by atoms with Crippen molar-refractivity contribution >= 4 is 40.7 Å². The molecular formula is C21H20Cl2N2O3. The monoisotopic (exact) mass is 418 g/mol. The van der Waals surface area contributed by atoms with Gasteiger partial charge in [-0.05, 0) is 42.3 Å². The Labute approximate surface area is 173 Å². The Morgan fingerprint density at radius 1 is 1.14 bits per heavy atom. The molecule has 3 atom stereocenters. The molecule has 0 bridgehead atoms. The van der Waals surface area contributed by atoms with Gasteiger partial charge in [0.15, 0.2) is 0 Å². The van der Waals surface area contributed by atoms with E-state index in [0.717, 1.165) is 16.8 Å². The second kappa shape index (κ2) is 7.39. The largest absolute Gasteiger partial charge is 0.384 e. The minimum absolute atomic E-state index is 0.152. The smallest absolute Gasteiger partial charge is 0.256 e. The Kier molecular flexibility index (Phi) is 5.08. The average Bonchev–Trinajstić information content (AvgIpc) is 2.98. The van der Waals surface area contributed by atoms with Crippen molar-refractivity contribution in [3.8, 4) is 0 Å². The number of carbonyl (C=O) groups is 2. The lowest BCUT2D eigenvalue weighted by molar-refractivity contribution is -0.139. The van der Waals surface area contributed by atoms with E-state index in [9.17, 15) is 9.59 Å². The number of carbonyl (C=O) groups excluding carboxylic acids is 2. The second-order valence-corrected chi connectivity index (χ2v) is 8.02. The van der Waals surface area contributed by atoms with Gasteiger partial charge in [0.25, 0.3) is 5.91 Å². The third kappa shape index (κ3) is 3.08. The first kappa shape index (κ1) is 19.2. The van der Waals surface area contributed by atoms with Crippen LogP contribution in [-0.2, 0) is 19.7 Å². The molecule has 5 nitrogen and oxygen atoms in total. The lowest BCUT2D eigenvalue weighted by atomic mass is 9.64. The van der Waals surface area contributed by atoms with E-state index in [1.165, 1.54) is 0 Å². The van der Waals surface area contributed by atoms with Crippen LogP contribution in [0.3, 0.4) is 0 Å². The number of hydrogen-bond acceptors (Lipinski definition) is 4. The van der Waals surface area contributed by atoms with Gasteiger partial charge in [0.2, 0.25) is 5.91 Å². The zero-order chi connectivity index (χ0) is 19.9. The molecule has 2 N–H and O–H groups in total. The summed E-state index contributed by atoms with van der Waals surface area (Å²) in [6.07, 6.45) is -0.679. The van der Waals surface area contributed by atoms with Crippen molar-refractivity contribution in [2.24, 2.45) is 0 Å². The summed E-state index contributed by atoms with van der Waals surface area (Å²) in [4.78, 5) is 25.5. The molecule has 0 radical (unpaired) electrons. The average molecular weight is 419 g/mol. The highest BCUT2D eigenvalue weighted by atomic mass is 35.5. The first-order valence-electron chi connectivity index (χ1n) is 9.20. The number of fused-ring (bicyclic) bond motifs is 2. The second-order valence-electron chi connectivity index (χ2n) is 7.14. The van der Waals surface area contributed by atoms with E-state index in [0.29, 0.717) is 23.2 Å². The number of anilines is 1. The molecule has 2 aromatic carbocycles. The highest BCUT2D eigenvalue weighted by molar-refractivity contribution is 6.31. The molecule has 2 aromatic rings. The molecule has 1 fully saturated rings. The summed E-state index contributed by atoms with van der Waals surface area (Å²) in [6.45, 7) is 2.64. The quantitative estimate of drug-likeness (QED) is 0.741. The number of benzene rings is 2. The Morgan fingerprint density at radius 3 is 2.68 bits per heavy atom. The molecule has 4 rings (SSSR count). The van der Waals surface area contributed by atoms with Crippen LogP contribution >= 0.6 is 23.2 Å². The molecule has 28 heavy (non-hydrogen) atoms. The first-order chi connectivity index (χ1) is 13.5. The molecule has 0 unspecified atom stereocenters. The van der Waals surface area contributed by atoms with E-state index in [4.69, 9.17) is 27.9 Å². The highest BCUT2D eigenvalue weighted by Gasteiger charge is 2.57. The van der Waals surface area contributed by atoms with Crippen molar-refractivity contribution < 1.29 is 14.3 Å². The Hall–Kier alpha value is -2.08. The van der Waals surface area contributed by atoms with E-state index in [-0.39, 0.29) is 18.2 Å². The van der Waals surface area contributed by atoms with Gasteiger partial charge in [0.1, 0.15) is 6.10 Å². The predicted molar refractivity (Wildman–Crippen MR) is 109 cm³/mol. The van der Waals surface area contributed by atoms with Crippen LogP contribution in [0, 0.1) is 0 Å². The standard InChI is InChI=1S/C21H20Cl2N2O3/c1-2-28-19-20(27)25-18(26)10-16(12-4-3-5-13(22)8-12)21(19)11-24-17-9-14(23)6-7-15(17)21/h3-9,16,19,24H,2,10-11H2,1H3,(H,25,26,27)/t16-,19-,21-/m0/s1. The van der Waals surface area contributed by atoms with Gasteiger partial charge in [-0.1, -0.05) is 41.4 Å². The number of rotatable bonds is 3. The van der Waals surface area contributed by atoms with E-state index >= 15 is 0 Å². The van der Waals surface area contributed by atoms with Gasteiger partial charge in [-0.15, -0.1) is 0 Å². The van der Waals surface area contributed by atoms with Crippen molar-refractivity contribution in [1.29, 1.82) is 0 Å². The maximum atomic E-state index is 13.0. The minimum Gasteiger partial charge on any atom is -0.384 e. The molecule has 146 valence electrons. The van der Waals surface area contributed by atoms with Crippen LogP contribution in [-0.4, -0.2) is 31.1 Å². The summed E-state index contributed by atoms with van der Waals surface area (Å²) >= 11 is 12.4. The minimum atomic E-state index is -0.831. The maximum absolute atomic E-state index is 13.0. The Balaban J connectivity index is 1.97. The van der Waals surface area contributed by atoms with Crippen molar-refractivity contribution in [1.82, 2.24) is 5.32 Å². The van der Waals surface area contributed by atoms with Gasteiger partial charge < -0.3 is 10.1 Å². The summed E-state index contributed by atoms with van der Waals surface area (Å²) in [5, 5.41) is 7.06. The summed E-state index contributed by atoms with van der Waals surface area (Å²) in [6, 6.07) is 13.0. The number of imide groups is 1. The van der Waals surface area contributed by atoms with Gasteiger partial charge in [-0.25, -0.2) is 0 Å². The van der Waals surface area contributed by atoms with Crippen molar-refractivity contribution in [2.75, 3.05) is 18.5 Å². The fraction of sp³-hybridized carbons (Fsp3) is 0.333. The van der Waals surface area contributed by atoms with Crippen LogP contribution < -0.4 is 10.6 Å². The summed E-state index contributed by atoms with van der Waals surface area (Å²) in [5.41, 5.74) is 1.90. The molecule has 2 heterocycles. The Morgan fingerprint density at radius 2 is 1.93 bits per heavy atom. The number of nitrogens with one attached hydrogen (secondary N) is 2. The van der Waals surface area contributed by atoms with Crippen molar-refractivity contribution in [2.45, 2.75) is 30.8 Å². The van der Waals surface area contributed by atoms with Crippen LogP contribution in [0.15, 0.2) is 42.5 Å². The van der Waals surface area contributed by atoms with E-state index in [1.54, 1.807) is 12.1 Å². The van der Waals surface area contributed by atoms with Crippen LogP contribution in [0.1, 0.15) is 30.4 Å². The number of halogens is 2. The van der Waals surface area contributed by atoms with Gasteiger partial charge >= 0.3 is 0 Å². The van der Waals surface area contributed by atoms with Gasteiger partial charge in [0.05, 0.1) is 5.41 Å². The molecule has 0 aliphatic carbocycles. The SMILES string of the molecule is CCO[C@H]1C(=O)NC(=O)C[C@@H](c2cccc(Cl)c2)[C@@]12CNc1cc(Cl)ccc12. The molecular weight excluding hydrogens is 399 g/mol. The summed E-state index contributed by atoms with van der Waals surface area (Å²) < 4.78 is 5.96. The third-order valence-corrected chi connectivity index (χ3v) is 6.09. The zero-order valence-corrected chi connectivity index (χ0v) is 16.8. The number of ether oxygens (including phenoxy) is 1. The van der Waals surface area contributed by atoms with Crippen molar-refractivity contribution in [3.05, 3.63) is 63.6 Å². The molecule has 2 aliphatic heterocycles. The summed E-state index contributed by atoms with van der Waals surface area (Å²) in [5.74, 6) is -1.04. The molecule has 0 saturated carbocycles. The van der Waals surface area contributed by atoms with E-state index < -0.39 is 17.4 Å². The Bertz CT molecular complexity index is 949. The fourth-order valence-electron chi connectivity index (χ4n) is 4.52. The molecule has 1 saturated heterocycles. The summed E-state index contributed by atoms with van der Waals surface area (Å²) in [7, 11) is 0. The van der Waals surface area contributed by atoms with Gasteiger partial charge in [0, 0.05) is 41.2 Å². The van der Waals surface area contributed by atoms with E-state index in [2.05, 4.69) is 10.6 Å². The van der Waals surface area contributed by atoms with Crippen molar-refractivity contribution in [3.63, 3.8) is 0 Å². The third-order valence-electron chi connectivity index (χ3n) is 5.62. The van der Waals surface area contributed by atoms with Crippen LogP contribution in [0.2, 0.25) is 10.0 Å². The van der Waals surface area contributed by atoms with Gasteiger partial charge in [-0.3, -0.25) is 14.9 Å². The topological polar surface area (TPSA) is 67.4 Å². The molecule has 7 heteroatoms. The molecule has 1 spiro atoms. The first-order valence-corrected chi connectivity index (χ1v) is 9.96. The molecule has 2 amide bonds. The lowest BCUT2D eigenvalue weighted by Gasteiger charge is -2.40. The number of amides is 2. The normalized spacial score (nSPS) is 26.5. The number of hydrogen-bond donors (Lipinski definition) is 2. The maximum Gasteiger partial charge on any atom is 0.256 e. The lowest BCUT2D eigenvalue weighted by Crippen LogP contribution is -2.52. The predicted octanol–water partition coefficient (Wildman–Crippen LogP) is 3.89.